The van der Waals surface area contributed by atoms with Crippen LogP contribution in [0.25, 0.3) is 0 Å². The van der Waals surface area contributed by atoms with Gasteiger partial charge < -0.3 is 0 Å². The van der Waals surface area contributed by atoms with Crippen LogP contribution in [-0.4, -0.2) is 11.6 Å². The van der Waals surface area contributed by atoms with Gasteiger partial charge in [-0.1, -0.05) is 48.0 Å². The summed E-state index contributed by atoms with van der Waals surface area (Å²) in [6.45, 7) is 0. The van der Waals surface area contributed by atoms with E-state index in [4.69, 9.17) is 23.2 Å². The van der Waals surface area contributed by atoms with E-state index >= 15 is 0 Å². The number of hydrogen-bond donors (Lipinski definition) is 0. The van der Waals surface area contributed by atoms with E-state index in [9.17, 15) is 0 Å². The Morgan fingerprint density at radius 3 is 2.32 bits per heavy atom. The summed E-state index contributed by atoms with van der Waals surface area (Å²) in [7, 11) is 0. The average Bonchev–Trinajstić information content (AvgIpc) is 2.46. The predicted octanol–water partition coefficient (Wildman–Crippen LogP) is 5.84. The van der Waals surface area contributed by atoms with Crippen LogP contribution in [0.3, 0.4) is 0 Å². The molecule has 2 aromatic carbocycles. The van der Waals surface area contributed by atoms with Crippen molar-refractivity contribution in [3.8, 4) is 0 Å². The molecule has 0 aromatic heterocycles. The molecule has 2 aromatic rings. The fourth-order valence-electron chi connectivity index (χ4n) is 1.96. The number of benzene rings is 2. The molecule has 0 amide bonds. The smallest absolute Gasteiger partial charge is 0.0441 e. The maximum atomic E-state index is 6.23. The Bertz CT molecular complexity index is 499. The van der Waals surface area contributed by atoms with E-state index in [0.29, 0.717) is 11.8 Å². The van der Waals surface area contributed by atoms with Crippen molar-refractivity contribution >= 4 is 35.0 Å². The van der Waals surface area contributed by atoms with Crippen LogP contribution in [0, 0.1) is 0 Å². The molecule has 0 aliphatic carbocycles. The summed E-state index contributed by atoms with van der Waals surface area (Å²) in [6, 6.07) is 18.4. The molecule has 0 fully saturated rings. The van der Waals surface area contributed by atoms with Crippen LogP contribution >= 0.6 is 35.0 Å². The summed E-state index contributed by atoms with van der Waals surface area (Å²) in [5, 5.41) is 0.817. The second-order valence-corrected chi connectivity index (χ2v) is 6.21. The Kier molecular flexibility index (Phi) is 6.09. The Morgan fingerprint density at radius 1 is 0.947 bits per heavy atom. The van der Waals surface area contributed by atoms with Crippen LogP contribution in [0.5, 0.6) is 0 Å². The molecule has 1 unspecified atom stereocenters. The van der Waals surface area contributed by atoms with Gasteiger partial charge in [0.25, 0.3) is 0 Å². The fourth-order valence-corrected chi connectivity index (χ4v) is 3.56. The van der Waals surface area contributed by atoms with Gasteiger partial charge in [0.05, 0.1) is 0 Å². The van der Waals surface area contributed by atoms with E-state index in [1.807, 2.05) is 36.0 Å². The second-order valence-electron chi connectivity index (χ2n) is 4.32. The van der Waals surface area contributed by atoms with Gasteiger partial charge in [-0.05, 0) is 41.9 Å². The van der Waals surface area contributed by atoms with Gasteiger partial charge in [-0.25, -0.2) is 0 Å². The van der Waals surface area contributed by atoms with Crippen molar-refractivity contribution in [2.24, 2.45) is 0 Å². The lowest BCUT2D eigenvalue weighted by Gasteiger charge is -2.15. The highest BCUT2D eigenvalue weighted by atomic mass is 35.5. The van der Waals surface area contributed by atoms with E-state index in [1.54, 1.807) is 0 Å². The van der Waals surface area contributed by atoms with Crippen molar-refractivity contribution in [3.05, 3.63) is 65.2 Å². The highest BCUT2D eigenvalue weighted by molar-refractivity contribution is 7.99. The molecule has 0 nitrogen and oxygen atoms in total. The third kappa shape index (κ3) is 4.45. The molecule has 0 aliphatic rings. The van der Waals surface area contributed by atoms with Crippen molar-refractivity contribution in [1.82, 2.24) is 0 Å². The molecule has 0 saturated carbocycles. The topological polar surface area (TPSA) is 0 Å². The van der Waals surface area contributed by atoms with Crippen LogP contribution in [-0.2, 0) is 0 Å². The molecule has 0 heterocycles. The average molecular weight is 311 g/mol. The fraction of sp³-hybridized carbons (Fsp3) is 0.250. The van der Waals surface area contributed by atoms with Gasteiger partial charge in [-0.3, -0.25) is 0 Å². The molecule has 0 saturated heterocycles. The van der Waals surface area contributed by atoms with Gasteiger partial charge in [0.1, 0.15) is 0 Å². The molecule has 2 rings (SSSR count). The van der Waals surface area contributed by atoms with E-state index in [1.165, 1.54) is 4.90 Å². The van der Waals surface area contributed by atoms with Crippen molar-refractivity contribution in [2.45, 2.75) is 17.2 Å². The number of hydrogen-bond acceptors (Lipinski definition) is 1. The third-order valence-corrected chi connectivity index (χ3v) is 4.77. The van der Waals surface area contributed by atoms with E-state index < -0.39 is 0 Å². The van der Waals surface area contributed by atoms with Gasteiger partial charge in [-0.15, -0.1) is 23.4 Å². The monoisotopic (exact) mass is 310 g/mol. The zero-order valence-electron chi connectivity index (χ0n) is 10.6. The molecule has 3 heteroatoms. The third-order valence-electron chi connectivity index (χ3n) is 3.01. The summed E-state index contributed by atoms with van der Waals surface area (Å²) in [4.78, 5) is 1.30. The van der Waals surface area contributed by atoms with Crippen LogP contribution < -0.4 is 0 Å². The lowest BCUT2D eigenvalue weighted by atomic mass is 9.98. The van der Waals surface area contributed by atoms with Gasteiger partial charge in [-0.2, -0.15) is 0 Å². The van der Waals surface area contributed by atoms with Crippen molar-refractivity contribution in [2.75, 3.05) is 11.6 Å². The minimum absolute atomic E-state index is 0.326. The maximum absolute atomic E-state index is 6.23. The Morgan fingerprint density at radius 2 is 1.63 bits per heavy atom. The van der Waals surface area contributed by atoms with Crippen molar-refractivity contribution in [3.63, 3.8) is 0 Å². The highest BCUT2D eigenvalue weighted by Crippen LogP contribution is 2.30. The van der Waals surface area contributed by atoms with Crippen LogP contribution in [0.1, 0.15) is 17.9 Å². The number of halogens is 2. The van der Waals surface area contributed by atoms with Crippen LogP contribution in [0.15, 0.2) is 59.5 Å². The number of thioether (sulfide) groups is 1. The highest BCUT2D eigenvalue weighted by Gasteiger charge is 2.13. The first-order valence-corrected chi connectivity index (χ1v) is 8.19. The Balaban J connectivity index is 1.92. The molecule has 0 bridgehead atoms. The van der Waals surface area contributed by atoms with E-state index in [2.05, 4.69) is 30.3 Å². The minimum Gasteiger partial charge on any atom is -0.126 e. The maximum Gasteiger partial charge on any atom is 0.0441 e. The first kappa shape index (κ1) is 14.8. The molecule has 0 radical (unpaired) electrons. The quantitative estimate of drug-likeness (QED) is 0.476. The summed E-state index contributed by atoms with van der Waals surface area (Å²) < 4.78 is 0. The van der Waals surface area contributed by atoms with Gasteiger partial charge >= 0.3 is 0 Å². The molecule has 100 valence electrons. The summed E-state index contributed by atoms with van der Waals surface area (Å²) >= 11 is 14.2. The van der Waals surface area contributed by atoms with Gasteiger partial charge in [0.2, 0.25) is 0 Å². The Labute approximate surface area is 129 Å². The largest absolute Gasteiger partial charge is 0.126 e. The minimum atomic E-state index is 0.326. The first-order valence-electron chi connectivity index (χ1n) is 6.29. The molecule has 0 spiro atoms. The van der Waals surface area contributed by atoms with Crippen LogP contribution in [0.4, 0.5) is 0 Å². The SMILES string of the molecule is ClCC(CCSc1ccccc1)c1ccccc1Cl. The zero-order chi connectivity index (χ0) is 13.5. The molecular weight excluding hydrogens is 295 g/mol. The van der Waals surface area contributed by atoms with Crippen molar-refractivity contribution in [1.29, 1.82) is 0 Å². The first-order chi connectivity index (χ1) is 9.31. The normalized spacial score (nSPS) is 12.3. The summed E-state index contributed by atoms with van der Waals surface area (Å²) in [5.41, 5.74) is 1.16. The van der Waals surface area contributed by atoms with E-state index in [0.717, 1.165) is 22.8 Å². The van der Waals surface area contributed by atoms with E-state index in [-0.39, 0.29) is 0 Å². The van der Waals surface area contributed by atoms with Gasteiger partial charge in [0.15, 0.2) is 0 Å². The molecule has 19 heavy (non-hydrogen) atoms. The molecule has 0 aliphatic heterocycles. The molecule has 1 atom stereocenters. The lowest BCUT2D eigenvalue weighted by molar-refractivity contribution is 0.748. The lowest BCUT2D eigenvalue weighted by Crippen LogP contribution is -2.02. The zero-order valence-corrected chi connectivity index (χ0v) is 12.9. The summed E-state index contributed by atoms with van der Waals surface area (Å²) in [5.74, 6) is 1.98. The van der Waals surface area contributed by atoms with Crippen molar-refractivity contribution < 1.29 is 0 Å². The predicted molar refractivity (Wildman–Crippen MR) is 86.7 cm³/mol. The molecule has 0 N–H and O–H groups in total. The Hall–Kier alpha value is -0.630. The summed E-state index contributed by atoms with van der Waals surface area (Å²) in [6.07, 6.45) is 1.03. The van der Waals surface area contributed by atoms with Crippen LogP contribution in [0.2, 0.25) is 5.02 Å². The molecular formula is C16H16Cl2S. The standard InChI is InChI=1S/C16H16Cl2S/c17-12-13(15-8-4-5-9-16(15)18)10-11-19-14-6-2-1-3-7-14/h1-9,13H,10-12H2. The number of alkyl halides is 1. The second kappa shape index (κ2) is 7.84. The van der Waals surface area contributed by atoms with Gasteiger partial charge in [0, 0.05) is 15.8 Å². The number of rotatable bonds is 6.